The van der Waals surface area contributed by atoms with Crippen molar-refractivity contribution >= 4 is 23.2 Å². The highest BCUT2D eigenvalue weighted by Crippen LogP contribution is 2.23. The number of nitrogens with one attached hydrogen (secondary N) is 1. The Balaban J connectivity index is 2.81. The van der Waals surface area contributed by atoms with Crippen LogP contribution < -0.4 is 5.32 Å². The number of anilines is 1. The Morgan fingerprint density at radius 1 is 1.59 bits per heavy atom. The molecule has 0 aliphatic carbocycles. The van der Waals surface area contributed by atoms with Gasteiger partial charge in [-0.1, -0.05) is 31.9 Å². The molecule has 90 valence electrons. The fraction of sp³-hybridized carbons (Fsp3) is 0.385. The van der Waals surface area contributed by atoms with Crippen molar-refractivity contribution in [2.75, 3.05) is 5.32 Å². The number of halogens is 1. The first-order valence-electron chi connectivity index (χ1n) is 5.59. The van der Waals surface area contributed by atoms with Gasteiger partial charge in [-0.05, 0) is 24.6 Å². The van der Waals surface area contributed by atoms with Gasteiger partial charge in [-0.15, -0.1) is 0 Å². The molecule has 0 fully saturated rings. The Morgan fingerprint density at radius 2 is 2.29 bits per heavy atom. The molecule has 17 heavy (non-hydrogen) atoms. The molecule has 1 aromatic rings. The van der Waals surface area contributed by atoms with E-state index in [-0.39, 0.29) is 11.8 Å². The van der Waals surface area contributed by atoms with Crippen molar-refractivity contribution in [1.82, 2.24) is 0 Å². The summed E-state index contributed by atoms with van der Waals surface area (Å²) >= 11 is 5.95. The monoisotopic (exact) mass is 250 g/mol. The van der Waals surface area contributed by atoms with Crippen LogP contribution in [-0.2, 0) is 4.79 Å². The number of nitriles is 1. The van der Waals surface area contributed by atoms with Crippen molar-refractivity contribution in [3.8, 4) is 6.07 Å². The third kappa shape index (κ3) is 3.76. The molecule has 1 amide bonds. The molecule has 1 unspecified atom stereocenters. The zero-order valence-corrected chi connectivity index (χ0v) is 10.7. The fourth-order valence-electron chi connectivity index (χ4n) is 1.51. The first kappa shape index (κ1) is 13.5. The van der Waals surface area contributed by atoms with Gasteiger partial charge in [0, 0.05) is 5.92 Å². The Bertz CT molecular complexity index is 451. The summed E-state index contributed by atoms with van der Waals surface area (Å²) < 4.78 is 0. The van der Waals surface area contributed by atoms with Crippen LogP contribution in [0.1, 0.15) is 32.3 Å². The van der Waals surface area contributed by atoms with E-state index in [4.69, 9.17) is 16.9 Å². The minimum absolute atomic E-state index is 0.0539. The summed E-state index contributed by atoms with van der Waals surface area (Å²) in [5.41, 5.74) is 0.978. The fourth-order valence-corrected chi connectivity index (χ4v) is 1.68. The van der Waals surface area contributed by atoms with E-state index in [1.54, 1.807) is 18.2 Å². The van der Waals surface area contributed by atoms with Crippen molar-refractivity contribution < 1.29 is 4.79 Å². The number of hydrogen-bond acceptors (Lipinski definition) is 2. The van der Waals surface area contributed by atoms with Gasteiger partial charge in [0.15, 0.2) is 0 Å². The molecular formula is C13H15ClN2O. The van der Waals surface area contributed by atoms with Crippen molar-refractivity contribution in [3.63, 3.8) is 0 Å². The Kier molecular flexibility index (Phi) is 4.99. The normalized spacial score (nSPS) is 11.6. The molecule has 1 rings (SSSR count). The summed E-state index contributed by atoms with van der Waals surface area (Å²) in [7, 11) is 0. The average Bonchev–Trinajstić information content (AvgIpc) is 2.32. The molecule has 0 aromatic heterocycles. The SMILES string of the molecule is CCCC(C)C(=O)Nc1cc(C#N)ccc1Cl. The number of hydrogen-bond donors (Lipinski definition) is 1. The highest BCUT2D eigenvalue weighted by atomic mass is 35.5. The lowest BCUT2D eigenvalue weighted by Crippen LogP contribution is -2.20. The number of carbonyl (C=O) groups is 1. The van der Waals surface area contributed by atoms with E-state index >= 15 is 0 Å². The smallest absolute Gasteiger partial charge is 0.227 e. The third-order valence-corrected chi connectivity index (χ3v) is 2.85. The zero-order chi connectivity index (χ0) is 12.8. The van der Waals surface area contributed by atoms with Crippen LogP contribution in [0.4, 0.5) is 5.69 Å². The maximum atomic E-state index is 11.8. The van der Waals surface area contributed by atoms with Crippen LogP contribution in [0.25, 0.3) is 0 Å². The van der Waals surface area contributed by atoms with E-state index in [2.05, 4.69) is 5.32 Å². The topological polar surface area (TPSA) is 52.9 Å². The minimum atomic E-state index is -0.0659. The van der Waals surface area contributed by atoms with Gasteiger partial charge in [-0.25, -0.2) is 0 Å². The van der Waals surface area contributed by atoms with Crippen molar-refractivity contribution in [3.05, 3.63) is 28.8 Å². The number of amides is 1. The van der Waals surface area contributed by atoms with Gasteiger partial charge in [-0.2, -0.15) is 5.26 Å². The van der Waals surface area contributed by atoms with Crippen molar-refractivity contribution in [1.29, 1.82) is 5.26 Å². The standard InChI is InChI=1S/C13H15ClN2O/c1-3-4-9(2)13(17)16-12-7-10(8-15)5-6-11(12)14/h5-7,9H,3-4H2,1-2H3,(H,16,17). The highest BCUT2D eigenvalue weighted by molar-refractivity contribution is 6.33. The number of benzene rings is 1. The van der Waals surface area contributed by atoms with Gasteiger partial charge in [0.1, 0.15) is 0 Å². The van der Waals surface area contributed by atoms with Crippen LogP contribution in [0, 0.1) is 17.2 Å². The van der Waals surface area contributed by atoms with E-state index in [1.807, 2.05) is 19.9 Å². The van der Waals surface area contributed by atoms with Crippen LogP contribution in [-0.4, -0.2) is 5.91 Å². The van der Waals surface area contributed by atoms with Crippen molar-refractivity contribution in [2.45, 2.75) is 26.7 Å². The predicted octanol–water partition coefficient (Wildman–Crippen LogP) is 3.59. The second-order valence-electron chi connectivity index (χ2n) is 3.99. The van der Waals surface area contributed by atoms with Gasteiger partial charge in [0.05, 0.1) is 22.3 Å². The lowest BCUT2D eigenvalue weighted by Gasteiger charge is -2.12. The Morgan fingerprint density at radius 3 is 2.88 bits per heavy atom. The van der Waals surface area contributed by atoms with Crippen molar-refractivity contribution in [2.24, 2.45) is 5.92 Å². The summed E-state index contributed by atoms with van der Waals surface area (Å²) in [5, 5.41) is 12.0. The molecule has 0 saturated carbocycles. The first-order chi connectivity index (χ1) is 8.08. The van der Waals surface area contributed by atoms with Crippen LogP contribution in [0.15, 0.2) is 18.2 Å². The van der Waals surface area contributed by atoms with Gasteiger partial charge >= 0.3 is 0 Å². The molecule has 0 radical (unpaired) electrons. The maximum Gasteiger partial charge on any atom is 0.227 e. The summed E-state index contributed by atoms with van der Waals surface area (Å²) in [6, 6.07) is 6.82. The Hall–Kier alpha value is -1.53. The van der Waals surface area contributed by atoms with E-state index in [1.165, 1.54) is 0 Å². The molecule has 1 N–H and O–H groups in total. The second-order valence-corrected chi connectivity index (χ2v) is 4.39. The minimum Gasteiger partial charge on any atom is -0.324 e. The van der Waals surface area contributed by atoms with Gasteiger partial charge < -0.3 is 5.32 Å². The van der Waals surface area contributed by atoms with Crippen LogP contribution in [0.2, 0.25) is 5.02 Å². The zero-order valence-electron chi connectivity index (χ0n) is 9.96. The van der Waals surface area contributed by atoms with Gasteiger partial charge in [0.2, 0.25) is 5.91 Å². The Labute approximate surface area is 106 Å². The molecule has 4 heteroatoms. The van der Waals surface area contributed by atoms with Gasteiger partial charge in [0.25, 0.3) is 0 Å². The number of carbonyl (C=O) groups excluding carboxylic acids is 1. The lowest BCUT2D eigenvalue weighted by molar-refractivity contribution is -0.119. The molecule has 0 aliphatic heterocycles. The predicted molar refractivity (Wildman–Crippen MR) is 68.9 cm³/mol. The summed E-state index contributed by atoms with van der Waals surface area (Å²) in [5.74, 6) is -0.120. The first-order valence-corrected chi connectivity index (χ1v) is 5.96. The number of rotatable bonds is 4. The summed E-state index contributed by atoms with van der Waals surface area (Å²) in [6.45, 7) is 3.91. The molecule has 3 nitrogen and oxygen atoms in total. The molecule has 1 aromatic carbocycles. The van der Waals surface area contributed by atoms with E-state index in [0.717, 1.165) is 12.8 Å². The largest absolute Gasteiger partial charge is 0.324 e. The van der Waals surface area contributed by atoms with Gasteiger partial charge in [-0.3, -0.25) is 4.79 Å². The molecule has 0 aliphatic rings. The highest BCUT2D eigenvalue weighted by Gasteiger charge is 2.13. The lowest BCUT2D eigenvalue weighted by atomic mass is 10.1. The third-order valence-electron chi connectivity index (χ3n) is 2.52. The van der Waals surface area contributed by atoms with E-state index < -0.39 is 0 Å². The second kappa shape index (κ2) is 6.27. The van der Waals surface area contributed by atoms with Crippen LogP contribution in [0.5, 0.6) is 0 Å². The average molecular weight is 251 g/mol. The van der Waals surface area contributed by atoms with Crippen LogP contribution in [0.3, 0.4) is 0 Å². The molecule has 0 bridgehead atoms. The molecule has 1 atom stereocenters. The number of nitrogens with zero attached hydrogens (tertiary/aromatic N) is 1. The quantitative estimate of drug-likeness (QED) is 0.888. The van der Waals surface area contributed by atoms with E-state index in [0.29, 0.717) is 16.3 Å². The molecular weight excluding hydrogens is 236 g/mol. The van der Waals surface area contributed by atoms with E-state index in [9.17, 15) is 4.79 Å². The molecule has 0 heterocycles. The summed E-state index contributed by atoms with van der Waals surface area (Å²) in [6.07, 6.45) is 1.79. The van der Waals surface area contributed by atoms with Crippen LogP contribution >= 0.6 is 11.6 Å². The maximum absolute atomic E-state index is 11.8. The molecule has 0 saturated heterocycles. The summed E-state index contributed by atoms with van der Waals surface area (Å²) in [4.78, 5) is 11.8. The molecule has 0 spiro atoms.